The van der Waals surface area contributed by atoms with Gasteiger partial charge in [-0.15, -0.1) is 0 Å². The topological polar surface area (TPSA) is 56.1 Å². The third-order valence-electron chi connectivity index (χ3n) is 3.79. The molecule has 1 aliphatic heterocycles. The molecule has 2 heterocycles. The van der Waals surface area contributed by atoms with Crippen LogP contribution in [0.5, 0.6) is 5.75 Å². The summed E-state index contributed by atoms with van der Waals surface area (Å²) in [5.74, 6) is 0.732. The number of carbonyl (C=O) groups excluding carboxylic acids is 1. The van der Waals surface area contributed by atoms with E-state index in [1.54, 1.807) is 25.0 Å². The van der Waals surface area contributed by atoms with E-state index in [1.807, 2.05) is 0 Å². The van der Waals surface area contributed by atoms with Gasteiger partial charge in [-0.25, -0.2) is 0 Å². The van der Waals surface area contributed by atoms with E-state index in [2.05, 4.69) is 17.3 Å². The summed E-state index contributed by atoms with van der Waals surface area (Å²) in [7, 11) is 3.37. The van der Waals surface area contributed by atoms with Gasteiger partial charge in [-0.05, 0) is 19.4 Å². The van der Waals surface area contributed by atoms with Gasteiger partial charge in [-0.1, -0.05) is 13.3 Å². The number of hydrogen-bond donors (Lipinski definition) is 1. The molecule has 1 aromatic heterocycles. The van der Waals surface area contributed by atoms with Gasteiger partial charge in [0.25, 0.3) is 0 Å². The lowest BCUT2D eigenvalue weighted by molar-refractivity contribution is 0.0787. The molecule has 1 atom stereocenters. The highest BCUT2D eigenvalue weighted by atomic mass is 16.5. The molecular formula is C13H21N3O2. The van der Waals surface area contributed by atoms with Crippen molar-refractivity contribution in [3.63, 3.8) is 0 Å². The van der Waals surface area contributed by atoms with Crippen LogP contribution in [-0.2, 0) is 7.05 Å². The Morgan fingerprint density at radius 1 is 1.67 bits per heavy atom. The quantitative estimate of drug-likeness (QED) is 0.804. The van der Waals surface area contributed by atoms with Crippen molar-refractivity contribution in [1.29, 1.82) is 0 Å². The average Bonchev–Trinajstić information content (AvgIpc) is 2.96. The number of aryl methyl sites for hydroxylation is 1. The summed E-state index contributed by atoms with van der Waals surface area (Å²) in [6.07, 6.45) is 4.42. The molecule has 0 saturated carbocycles. The SMILES string of the molecule is CCCC1(C(=O)c2c(OC)cnn2C)CCNC1. The molecule has 1 aliphatic rings. The molecule has 1 unspecified atom stereocenters. The van der Waals surface area contributed by atoms with Gasteiger partial charge in [0.05, 0.1) is 13.3 Å². The number of nitrogens with zero attached hydrogens (tertiary/aromatic N) is 2. The standard InChI is InChI=1S/C13H21N3O2/c1-4-5-13(6-7-14-9-13)12(17)11-10(18-3)8-15-16(11)2/h8,14H,4-7,9H2,1-3H3. The molecule has 1 N–H and O–H groups in total. The molecule has 100 valence electrons. The van der Waals surface area contributed by atoms with Crippen LogP contribution in [0.4, 0.5) is 0 Å². The number of aromatic nitrogens is 2. The van der Waals surface area contributed by atoms with E-state index < -0.39 is 0 Å². The second kappa shape index (κ2) is 5.10. The van der Waals surface area contributed by atoms with Crippen molar-refractivity contribution < 1.29 is 9.53 Å². The zero-order chi connectivity index (χ0) is 13.2. The summed E-state index contributed by atoms with van der Waals surface area (Å²) in [5.41, 5.74) is 0.310. The van der Waals surface area contributed by atoms with Crippen LogP contribution in [0.3, 0.4) is 0 Å². The average molecular weight is 251 g/mol. The van der Waals surface area contributed by atoms with E-state index in [0.29, 0.717) is 11.4 Å². The highest BCUT2D eigenvalue weighted by Gasteiger charge is 2.42. The zero-order valence-electron chi connectivity index (χ0n) is 11.3. The Morgan fingerprint density at radius 3 is 3.00 bits per heavy atom. The van der Waals surface area contributed by atoms with Crippen LogP contribution in [0.25, 0.3) is 0 Å². The van der Waals surface area contributed by atoms with Crippen molar-refractivity contribution in [3.05, 3.63) is 11.9 Å². The summed E-state index contributed by atoms with van der Waals surface area (Å²) in [5, 5.41) is 7.43. The minimum absolute atomic E-state index is 0.159. The van der Waals surface area contributed by atoms with Crippen molar-refractivity contribution in [2.24, 2.45) is 12.5 Å². The summed E-state index contributed by atoms with van der Waals surface area (Å²) < 4.78 is 6.87. The first kappa shape index (κ1) is 13.1. The van der Waals surface area contributed by atoms with E-state index in [0.717, 1.165) is 32.4 Å². The van der Waals surface area contributed by atoms with Crippen LogP contribution in [0.15, 0.2) is 6.20 Å². The Labute approximate surface area is 108 Å². The first-order valence-corrected chi connectivity index (χ1v) is 6.46. The van der Waals surface area contributed by atoms with Gasteiger partial charge >= 0.3 is 0 Å². The first-order chi connectivity index (χ1) is 8.64. The predicted molar refractivity (Wildman–Crippen MR) is 68.9 cm³/mol. The first-order valence-electron chi connectivity index (χ1n) is 6.46. The molecule has 0 radical (unpaired) electrons. The van der Waals surface area contributed by atoms with Crippen LogP contribution in [0.2, 0.25) is 0 Å². The number of Topliss-reactive ketones (excluding diaryl/α,β-unsaturated/α-hetero) is 1. The van der Waals surface area contributed by atoms with E-state index >= 15 is 0 Å². The Morgan fingerprint density at radius 2 is 2.44 bits per heavy atom. The summed E-state index contributed by atoms with van der Waals surface area (Å²) in [6, 6.07) is 0. The molecule has 0 aliphatic carbocycles. The molecule has 0 amide bonds. The Balaban J connectivity index is 2.36. The predicted octanol–water partition coefficient (Wildman–Crippen LogP) is 1.39. The molecule has 1 saturated heterocycles. The number of methoxy groups -OCH3 is 1. The lowest BCUT2D eigenvalue weighted by Gasteiger charge is -2.26. The fourth-order valence-corrected chi connectivity index (χ4v) is 2.82. The van der Waals surface area contributed by atoms with Gasteiger partial charge in [-0.2, -0.15) is 5.10 Å². The smallest absolute Gasteiger partial charge is 0.192 e. The van der Waals surface area contributed by atoms with E-state index in [1.165, 1.54) is 0 Å². The van der Waals surface area contributed by atoms with E-state index in [4.69, 9.17) is 4.74 Å². The third-order valence-corrected chi connectivity index (χ3v) is 3.79. The van der Waals surface area contributed by atoms with Crippen LogP contribution >= 0.6 is 0 Å². The minimum atomic E-state index is -0.282. The minimum Gasteiger partial charge on any atom is -0.493 e. The lowest BCUT2D eigenvalue weighted by atomic mass is 9.77. The van der Waals surface area contributed by atoms with Crippen molar-refractivity contribution in [2.45, 2.75) is 26.2 Å². The highest BCUT2D eigenvalue weighted by Crippen LogP contribution is 2.36. The third kappa shape index (κ3) is 2.03. The monoisotopic (exact) mass is 251 g/mol. The fraction of sp³-hybridized carbons (Fsp3) is 0.692. The number of carbonyl (C=O) groups is 1. The maximum Gasteiger partial charge on any atom is 0.192 e. The number of ether oxygens (including phenoxy) is 1. The van der Waals surface area contributed by atoms with E-state index in [-0.39, 0.29) is 11.2 Å². The van der Waals surface area contributed by atoms with Gasteiger partial charge in [0.2, 0.25) is 0 Å². The summed E-state index contributed by atoms with van der Waals surface area (Å²) >= 11 is 0. The van der Waals surface area contributed by atoms with Gasteiger partial charge < -0.3 is 10.1 Å². The van der Waals surface area contributed by atoms with Crippen molar-refractivity contribution in [2.75, 3.05) is 20.2 Å². The second-order valence-electron chi connectivity index (χ2n) is 4.97. The fourth-order valence-electron chi connectivity index (χ4n) is 2.82. The van der Waals surface area contributed by atoms with Crippen molar-refractivity contribution in [3.8, 4) is 5.75 Å². The number of ketones is 1. The molecule has 1 fully saturated rings. The van der Waals surface area contributed by atoms with Gasteiger partial charge in [0, 0.05) is 19.0 Å². The molecule has 0 aromatic carbocycles. The number of rotatable bonds is 5. The highest BCUT2D eigenvalue weighted by molar-refractivity contribution is 6.01. The summed E-state index contributed by atoms with van der Waals surface area (Å²) in [6.45, 7) is 3.79. The van der Waals surface area contributed by atoms with Crippen molar-refractivity contribution >= 4 is 5.78 Å². The van der Waals surface area contributed by atoms with E-state index in [9.17, 15) is 4.79 Å². The molecule has 5 nitrogen and oxygen atoms in total. The second-order valence-corrected chi connectivity index (χ2v) is 4.97. The van der Waals surface area contributed by atoms with Crippen LogP contribution in [0.1, 0.15) is 36.7 Å². The molecule has 1 aromatic rings. The molecule has 0 spiro atoms. The summed E-state index contributed by atoms with van der Waals surface area (Å²) in [4.78, 5) is 12.8. The number of hydrogen-bond acceptors (Lipinski definition) is 4. The molecular weight excluding hydrogens is 230 g/mol. The van der Waals surface area contributed by atoms with Gasteiger partial charge in [0.15, 0.2) is 11.5 Å². The zero-order valence-corrected chi connectivity index (χ0v) is 11.3. The maximum absolute atomic E-state index is 12.8. The Bertz CT molecular complexity index is 433. The number of nitrogens with one attached hydrogen (secondary N) is 1. The molecule has 2 rings (SSSR count). The lowest BCUT2D eigenvalue weighted by Crippen LogP contribution is -2.35. The largest absolute Gasteiger partial charge is 0.493 e. The van der Waals surface area contributed by atoms with Crippen LogP contribution < -0.4 is 10.1 Å². The van der Waals surface area contributed by atoms with Crippen LogP contribution in [-0.4, -0.2) is 35.8 Å². The normalized spacial score (nSPS) is 23.3. The van der Waals surface area contributed by atoms with Gasteiger partial charge in [-0.3, -0.25) is 9.48 Å². The Hall–Kier alpha value is -1.36. The van der Waals surface area contributed by atoms with Crippen LogP contribution in [0, 0.1) is 5.41 Å². The molecule has 5 heteroatoms. The van der Waals surface area contributed by atoms with Gasteiger partial charge in [0.1, 0.15) is 5.69 Å². The molecule has 0 bridgehead atoms. The molecule has 18 heavy (non-hydrogen) atoms. The Kier molecular flexibility index (Phi) is 3.71. The maximum atomic E-state index is 12.8. The van der Waals surface area contributed by atoms with Crippen molar-refractivity contribution in [1.82, 2.24) is 15.1 Å².